The number of rotatable bonds is 3. The van der Waals surface area contributed by atoms with Gasteiger partial charge < -0.3 is 4.57 Å². The van der Waals surface area contributed by atoms with Crippen molar-refractivity contribution >= 4 is 5.69 Å². The van der Waals surface area contributed by atoms with Gasteiger partial charge in [-0.3, -0.25) is 10.1 Å². The Morgan fingerprint density at radius 2 is 1.76 bits per heavy atom. The van der Waals surface area contributed by atoms with Crippen LogP contribution < -0.4 is 0 Å². The topological polar surface area (TPSA) is 61.0 Å². The Kier molecular flexibility index (Phi) is 3.23. The molecular weight excluding hydrogens is 266 g/mol. The fourth-order valence-electron chi connectivity index (χ4n) is 2.24. The molecule has 0 aliphatic carbocycles. The van der Waals surface area contributed by atoms with E-state index >= 15 is 0 Å². The third-order valence-corrected chi connectivity index (χ3v) is 3.26. The van der Waals surface area contributed by atoms with E-state index in [4.69, 9.17) is 0 Å². The van der Waals surface area contributed by atoms with E-state index in [9.17, 15) is 10.1 Å². The van der Waals surface area contributed by atoms with Gasteiger partial charge in [-0.15, -0.1) is 0 Å². The van der Waals surface area contributed by atoms with Gasteiger partial charge in [0.2, 0.25) is 0 Å². The van der Waals surface area contributed by atoms with Gasteiger partial charge in [0.1, 0.15) is 5.82 Å². The lowest BCUT2D eigenvalue weighted by molar-refractivity contribution is -0.384. The van der Waals surface area contributed by atoms with Crippen molar-refractivity contribution in [3.63, 3.8) is 0 Å². The van der Waals surface area contributed by atoms with Crippen molar-refractivity contribution in [1.29, 1.82) is 0 Å². The summed E-state index contributed by atoms with van der Waals surface area (Å²) in [5.41, 5.74) is 2.54. The van der Waals surface area contributed by atoms with Gasteiger partial charge in [0.15, 0.2) is 0 Å². The van der Waals surface area contributed by atoms with E-state index in [2.05, 4.69) is 4.98 Å². The maximum absolute atomic E-state index is 10.9. The summed E-state index contributed by atoms with van der Waals surface area (Å²) in [5, 5.41) is 10.9. The summed E-state index contributed by atoms with van der Waals surface area (Å²) in [4.78, 5) is 15.1. The van der Waals surface area contributed by atoms with Crippen LogP contribution in [-0.2, 0) is 7.05 Å². The van der Waals surface area contributed by atoms with Gasteiger partial charge >= 0.3 is 0 Å². The number of nitro groups is 1. The molecule has 1 aromatic heterocycles. The number of benzene rings is 2. The Morgan fingerprint density at radius 3 is 2.48 bits per heavy atom. The second-order valence-corrected chi connectivity index (χ2v) is 4.73. The van der Waals surface area contributed by atoms with Crippen LogP contribution >= 0.6 is 0 Å². The number of nitrogens with zero attached hydrogens (tertiary/aromatic N) is 3. The minimum atomic E-state index is -0.398. The van der Waals surface area contributed by atoms with Crippen LogP contribution in [0, 0.1) is 10.1 Å². The number of aromatic nitrogens is 2. The maximum Gasteiger partial charge on any atom is 0.270 e. The van der Waals surface area contributed by atoms with Gasteiger partial charge in [0.05, 0.1) is 10.6 Å². The van der Waals surface area contributed by atoms with E-state index < -0.39 is 4.92 Å². The van der Waals surface area contributed by atoms with Crippen LogP contribution in [0.25, 0.3) is 22.6 Å². The lowest BCUT2D eigenvalue weighted by atomic mass is 10.1. The quantitative estimate of drug-likeness (QED) is 0.543. The smallest absolute Gasteiger partial charge is 0.270 e. The Bertz CT molecular complexity index is 794. The zero-order chi connectivity index (χ0) is 14.8. The minimum absolute atomic E-state index is 0.0689. The van der Waals surface area contributed by atoms with Gasteiger partial charge in [-0.05, 0) is 0 Å². The van der Waals surface area contributed by atoms with E-state index in [-0.39, 0.29) is 5.69 Å². The summed E-state index contributed by atoms with van der Waals surface area (Å²) in [5.74, 6) is 0.831. The second kappa shape index (κ2) is 5.20. The molecule has 5 heteroatoms. The highest BCUT2D eigenvalue weighted by atomic mass is 16.6. The first-order valence-electron chi connectivity index (χ1n) is 6.49. The first-order chi connectivity index (χ1) is 10.1. The summed E-state index contributed by atoms with van der Waals surface area (Å²) < 4.78 is 1.92. The Morgan fingerprint density at radius 1 is 1.05 bits per heavy atom. The standard InChI is InChI=1S/C16H13N3O2/c1-18-11-15(13-8-5-9-14(10-13)19(20)21)17-16(18)12-6-3-2-4-7-12/h2-11H,1H3. The van der Waals surface area contributed by atoms with Crippen molar-refractivity contribution in [2.75, 3.05) is 0 Å². The van der Waals surface area contributed by atoms with E-state index in [1.54, 1.807) is 6.07 Å². The molecule has 0 aliphatic rings. The van der Waals surface area contributed by atoms with E-state index in [0.717, 1.165) is 22.6 Å². The van der Waals surface area contributed by atoms with Crippen LogP contribution in [0.2, 0.25) is 0 Å². The highest BCUT2D eigenvalue weighted by molar-refractivity contribution is 5.66. The van der Waals surface area contributed by atoms with Crippen LogP contribution in [0.1, 0.15) is 0 Å². The van der Waals surface area contributed by atoms with Crippen molar-refractivity contribution in [3.05, 3.63) is 70.9 Å². The zero-order valence-corrected chi connectivity index (χ0v) is 11.4. The monoisotopic (exact) mass is 279 g/mol. The number of non-ortho nitro benzene ring substituents is 1. The summed E-state index contributed by atoms with van der Waals surface area (Å²) in [6, 6.07) is 16.3. The molecule has 0 saturated carbocycles. The minimum Gasteiger partial charge on any atom is -0.333 e. The Hall–Kier alpha value is -2.95. The van der Waals surface area contributed by atoms with Gasteiger partial charge in [0, 0.05) is 36.5 Å². The first kappa shape index (κ1) is 13.1. The summed E-state index contributed by atoms with van der Waals surface area (Å²) in [6.07, 6.45) is 1.88. The molecule has 3 rings (SSSR count). The van der Waals surface area contributed by atoms with Gasteiger partial charge in [-0.25, -0.2) is 4.98 Å². The highest BCUT2D eigenvalue weighted by Gasteiger charge is 2.12. The molecule has 0 aliphatic heterocycles. The highest BCUT2D eigenvalue weighted by Crippen LogP contribution is 2.26. The molecule has 3 aromatic rings. The average molecular weight is 279 g/mol. The molecule has 5 nitrogen and oxygen atoms in total. The van der Waals surface area contributed by atoms with Gasteiger partial charge in [-0.2, -0.15) is 0 Å². The van der Waals surface area contributed by atoms with Crippen molar-refractivity contribution in [3.8, 4) is 22.6 Å². The van der Waals surface area contributed by atoms with Gasteiger partial charge in [-0.1, -0.05) is 42.5 Å². The van der Waals surface area contributed by atoms with Crippen molar-refractivity contribution in [2.45, 2.75) is 0 Å². The molecule has 104 valence electrons. The molecule has 0 bridgehead atoms. The van der Waals surface area contributed by atoms with Crippen LogP contribution in [0.4, 0.5) is 5.69 Å². The van der Waals surface area contributed by atoms with Crippen LogP contribution in [0.5, 0.6) is 0 Å². The van der Waals surface area contributed by atoms with Gasteiger partial charge in [0.25, 0.3) is 5.69 Å². The fraction of sp³-hybridized carbons (Fsp3) is 0.0625. The molecule has 0 spiro atoms. The third-order valence-electron chi connectivity index (χ3n) is 3.26. The first-order valence-corrected chi connectivity index (χ1v) is 6.49. The molecular formula is C16H13N3O2. The lowest BCUT2D eigenvalue weighted by Crippen LogP contribution is -1.90. The molecule has 21 heavy (non-hydrogen) atoms. The normalized spacial score (nSPS) is 10.5. The summed E-state index contributed by atoms with van der Waals surface area (Å²) in [6.45, 7) is 0. The molecule has 0 fully saturated rings. The molecule has 2 aromatic carbocycles. The van der Waals surface area contributed by atoms with Crippen LogP contribution in [-0.4, -0.2) is 14.5 Å². The molecule has 0 radical (unpaired) electrons. The predicted octanol–water partition coefficient (Wildman–Crippen LogP) is 3.66. The molecule has 0 amide bonds. The van der Waals surface area contributed by atoms with E-state index in [0.29, 0.717) is 0 Å². The van der Waals surface area contributed by atoms with E-state index in [1.807, 2.05) is 54.2 Å². The maximum atomic E-state index is 10.9. The van der Waals surface area contributed by atoms with Crippen molar-refractivity contribution in [2.24, 2.45) is 7.05 Å². The summed E-state index contributed by atoms with van der Waals surface area (Å²) >= 11 is 0. The SMILES string of the molecule is Cn1cc(-c2cccc([N+](=O)[O-])c2)nc1-c1ccccc1. The molecule has 0 atom stereocenters. The number of imidazole rings is 1. The number of hydrogen-bond acceptors (Lipinski definition) is 3. The average Bonchev–Trinajstić information content (AvgIpc) is 2.90. The molecule has 0 unspecified atom stereocenters. The Labute approximate surface area is 121 Å². The molecule has 0 N–H and O–H groups in total. The second-order valence-electron chi connectivity index (χ2n) is 4.73. The molecule has 1 heterocycles. The third kappa shape index (κ3) is 2.53. The fourth-order valence-corrected chi connectivity index (χ4v) is 2.24. The zero-order valence-electron chi connectivity index (χ0n) is 11.4. The largest absolute Gasteiger partial charge is 0.333 e. The van der Waals surface area contributed by atoms with E-state index in [1.165, 1.54) is 12.1 Å². The molecule has 0 saturated heterocycles. The lowest BCUT2D eigenvalue weighted by Gasteiger charge is -1.99. The van der Waals surface area contributed by atoms with Crippen molar-refractivity contribution < 1.29 is 4.92 Å². The number of aryl methyl sites for hydroxylation is 1. The predicted molar refractivity (Wildman–Crippen MR) is 80.7 cm³/mol. The number of hydrogen-bond donors (Lipinski definition) is 0. The Balaban J connectivity index is 2.05. The van der Waals surface area contributed by atoms with Crippen LogP contribution in [0.15, 0.2) is 60.8 Å². The van der Waals surface area contributed by atoms with Crippen molar-refractivity contribution in [1.82, 2.24) is 9.55 Å². The van der Waals surface area contributed by atoms with Crippen LogP contribution in [0.3, 0.4) is 0 Å². The number of nitro benzene ring substituents is 1. The summed E-state index contributed by atoms with van der Waals surface area (Å²) in [7, 11) is 1.91.